The van der Waals surface area contributed by atoms with Crippen LogP contribution in [0.25, 0.3) is 0 Å². The van der Waals surface area contributed by atoms with E-state index in [4.69, 9.17) is 4.98 Å². The third kappa shape index (κ3) is 6.04. The topological polar surface area (TPSA) is 28.2 Å². The lowest BCUT2D eigenvalue weighted by molar-refractivity contribution is 0.423. The average Bonchev–Trinajstić information content (AvgIpc) is 2.35. The van der Waals surface area contributed by atoms with Crippen LogP contribution in [0, 0.1) is 13.8 Å². The molecule has 120 valence electrons. The van der Waals surface area contributed by atoms with Gasteiger partial charge in [-0.2, -0.15) is 0 Å². The van der Waals surface area contributed by atoms with Gasteiger partial charge in [0.2, 0.25) is 0 Å². The Kier molecular flexibility index (Phi) is 6.66. The van der Waals surface area contributed by atoms with Crippen molar-refractivity contribution in [2.24, 2.45) is 0 Å². The molecule has 0 atom stereocenters. The zero-order valence-corrected chi connectivity index (χ0v) is 15.0. The standard InChI is InChI=1S/C18H33N3/c1-8-9-10-11-21(7)17-16(13-19-18(4,5)6)14(2)12-15(3)20-17/h12,19H,8-11,13H2,1-7H3. The first-order chi connectivity index (χ1) is 9.74. The van der Waals surface area contributed by atoms with Gasteiger partial charge in [0, 0.05) is 36.9 Å². The summed E-state index contributed by atoms with van der Waals surface area (Å²) in [6.07, 6.45) is 3.77. The van der Waals surface area contributed by atoms with Gasteiger partial charge in [-0.1, -0.05) is 19.8 Å². The van der Waals surface area contributed by atoms with Crippen LogP contribution in [0.3, 0.4) is 0 Å². The van der Waals surface area contributed by atoms with Crippen molar-refractivity contribution in [3.63, 3.8) is 0 Å². The monoisotopic (exact) mass is 291 g/mol. The fraction of sp³-hybridized carbons (Fsp3) is 0.722. The van der Waals surface area contributed by atoms with Crippen molar-refractivity contribution in [3.05, 3.63) is 22.9 Å². The average molecular weight is 291 g/mol. The normalized spacial score (nSPS) is 11.8. The van der Waals surface area contributed by atoms with Crippen molar-refractivity contribution in [2.75, 3.05) is 18.5 Å². The van der Waals surface area contributed by atoms with Crippen molar-refractivity contribution in [3.8, 4) is 0 Å². The van der Waals surface area contributed by atoms with Crippen molar-refractivity contribution in [2.45, 2.75) is 72.9 Å². The van der Waals surface area contributed by atoms with E-state index < -0.39 is 0 Å². The molecule has 0 aromatic carbocycles. The highest BCUT2D eigenvalue weighted by Gasteiger charge is 2.16. The Morgan fingerprint density at radius 2 is 1.86 bits per heavy atom. The Balaban J connectivity index is 2.94. The summed E-state index contributed by atoms with van der Waals surface area (Å²) in [5.41, 5.74) is 3.88. The maximum atomic E-state index is 4.80. The minimum atomic E-state index is 0.120. The number of unbranched alkanes of at least 4 members (excludes halogenated alkanes) is 2. The molecule has 0 fully saturated rings. The van der Waals surface area contributed by atoms with Crippen LogP contribution in [0.15, 0.2) is 6.07 Å². The van der Waals surface area contributed by atoms with E-state index in [1.165, 1.54) is 30.4 Å². The maximum Gasteiger partial charge on any atom is 0.133 e. The number of nitrogens with zero attached hydrogens (tertiary/aromatic N) is 2. The van der Waals surface area contributed by atoms with Gasteiger partial charge < -0.3 is 10.2 Å². The lowest BCUT2D eigenvalue weighted by Crippen LogP contribution is -2.36. The highest BCUT2D eigenvalue weighted by atomic mass is 15.2. The molecule has 0 aliphatic rings. The molecule has 1 heterocycles. The molecule has 1 aromatic rings. The second-order valence-electron chi connectivity index (χ2n) is 7.11. The zero-order valence-electron chi connectivity index (χ0n) is 15.0. The van der Waals surface area contributed by atoms with Crippen LogP contribution in [-0.4, -0.2) is 24.1 Å². The lowest BCUT2D eigenvalue weighted by atomic mass is 10.1. The first kappa shape index (κ1) is 18.0. The van der Waals surface area contributed by atoms with Gasteiger partial charge in [-0.15, -0.1) is 0 Å². The number of nitrogens with one attached hydrogen (secondary N) is 1. The van der Waals surface area contributed by atoms with Crippen molar-refractivity contribution in [1.29, 1.82) is 0 Å². The van der Waals surface area contributed by atoms with Gasteiger partial charge in [-0.25, -0.2) is 4.98 Å². The van der Waals surface area contributed by atoms with Gasteiger partial charge in [0.1, 0.15) is 5.82 Å². The summed E-state index contributed by atoms with van der Waals surface area (Å²) in [6.45, 7) is 15.1. The maximum absolute atomic E-state index is 4.80. The molecule has 0 saturated heterocycles. The van der Waals surface area contributed by atoms with E-state index in [1.54, 1.807) is 0 Å². The fourth-order valence-corrected chi connectivity index (χ4v) is 2.44. The Hall–Kier alpha value is -1.09. The van der Waals surface area contributed by atoms with Gasteiger partial charge in [0.25, 0.3) is 0 Å². The predicted octanol–water partition coefficient (Wildman–Crippen LogP) is 4.21. The minimum absolute atomic E-state index is 0.120. The molecule has 0 radical (unpaired) electrons. The molecule has 0 aliphatic heterocycles. The van der Waals surface area contributed by atoms with E-state index in [9.17, 15) is 0 Å². The third-order valence-electron chi connectivity index (χ3n) is 3.71. The summed E-state index contributed by atoms with van der Waals surface area (Å²) in [7, 11) is 2.16. The summed E-state index contributed by atoms with van der Waals surface area (Å²) >= 11 is 0. The Bertz CT molecular complexity index is 447. The molecule has 0 bridgehead atoms. The number of aromatic nitrogens is 1. The molecular formula is C18H33N3. The number of aryl methyl sites for hydroxylation is 2. The molecule has 1 rings (SSSR count). The molecule has 0 saturated carbocycles. The molecule has 1 aromatic heterocycles. The predicted molar refractivity (Wildman–Crippen MR) is 93.1 cm³/mol. The van der Waals surface area contributed by atoms with E-state index in [0.717, 1.165) is 24.6 Å². The second kappa shape index (κ2) is 7.79. The highest BCUT2D eigenvalue weighted by molar-refractivity contribution is 5.51. The van der Waals surface area contributed by atoms with Crippen LogP contribution in [0.5, 0.6) is 0 Å². The fourth-order valence-electron chi connectivity index (χ4n) is 2.44. The van der Waals surface area contributed by atoms with E-state index >= 15 is 0 Å². The zero-order chi connectivity index (χ0) is 16.0. The largest absolute Gasteiger partial charge is 0.359 e. The minimum Gasteiger partial charge on any atom is -0.359 e. The van der Waals surface area contributed by atoms with Gasteiger partial charge in [0.15, 0.2) is 0 Å². The molecule has 0 unspecified atom stereocenters. The van der Waals surface area contributed by atoms with Crippen molar-refractivity contribution < 1.29 is 0 Å². The number of anilines is 1. The summed E-state index contributed by atoms with van der Waals surface area (Å²) in [5.74, 6) is 1.14. The van der Waals surface area contributed by atoms with E-state index in [0.29, 0.717) is 0 Å². The first-order valence-corrected chi connectivity index (χ1v) is 8.18. The molecule has 0 amide bonds. The van der Waals surface area contributed by atoms with Crippen LogP contribution >= 0.6 is 0 Å². The molecule has 0 aliphatic carbocycles. The summed E-state index contributed by atoms with van der Waals surface area (Å²) < 4.78 is 0. The number of hydrogen-bond acceptors (Lipinski definition) is 3. The Labute approximate surface area is 131 Å². The van der Waals surface area contributed by atoms with Gasteiger partial charge >= 0.3 is 0 Å². The molecule has 3 heteroatoms. The first-order valence-electron chi connectivity index (χ1n) is 8.18. The van der Waals surface area contributed by atoms with Crippen LogP contribution < -0.4 is 10.2 Å². The Morgan fingerprint density at radius 1 is 1.19 bits per heavy atom. The van der Waals surface area contributed by atoms with Crippen LogP contribution in [0.4, 0.5) is 5.82 Å². The second-order valence-corrected chi connectivity index (χ2v) is 7.11. The Morgan fingerprint density at radius 3 is 2.43 bits per heavy atom. The highest BCUT2D eigenvalue weighted by Crippen LogP contribution is 2.23. The molecule has 21 heavy (non-hydrogen) atoms. The number of rotatable bonds is 7. The van der Waals surface area contributed by atoms with Crippen molar-refractivity contribution >= 4 is 5.82 Å². The SMILES string of the molecule is CCCCCN(C)c1nc(C)cc(C)c1CNC(C)(C)C. The quantitative estimate of drug-likeness (QED) is 0.763. The van der Waals surface area contributed by atoms with Crippen molar-refractivity contribution in [1.82, 2.24) is 10.3 Å². The van der Waals surface area contributed by atoms with Crippen LogP contribution in [0.1, 0.15) is 63.8 Å². The number of hydrogen-bond donors (Lipinski definition) is 1. The lowest BCUT2D eigenvalue weighted by Gasteiger charge is -2.26. The number of pyridine rings is 1. The molecular weight excluding hydrogens is 258 g/mol. The van der Waals surface area contributed by atoms with Gasteiger partial charge in [-0.3, -0.25) is 0 Å². The van der Waals surface area contributed by atoms with E-state index in [-0.39, 0.29) is 5.54 Å². The summed E-state index contributed by atoms with van der Waals surface area (Å²) in [4.78, 5) is 7.11. The van der Waals surface area contributed by atoms with E-state index in [2.05, 4.69) is 64.9 Å². The van der Waals surface area contributed by atoms with Crippen LogP contribution in [0.2, 0.25) is 0 Å². The van der Waals surface area contributed by atoms with Gasteiger partial charge in [-0.05, 0) is 52.7 Å². The van der Waals surface area contributed by atoms with E-state index in [1.807, 2.05) is 0 Å². The third-order valence-corrected chi connectivity index (χ3v) is 3.71. The van der Waals surface area contributed by atoms with Crippen LogP contribution in [-0.2, 0) is 6.54 Å². The molecule has 3 nitrogen and oxygen atoms in total. The summed E-state index contributed by atoms with van der Waals surface area (Å²) in [6, 6.07) is 2.18. The molecule has 0 spiro atoms. The smallest absolute Gasteiger partial charge is 0.133 e. The molecule has 1 N–H and O–H groups in total. The van der Waals surface area contributed by atoms with Gasteiger partial charge in [0.05, 0.1) is 0 Å². The summed E-state index contributed by atoms with van der Waals surface area (Å²) in [5, 5.41) is 3.59.